The summed E-state index contributed by atoms with van der Waals surface area (Å²) in [6.07, 6.45) is 5.90. The number of hydrogen-bond acceptors (Lipinski definition) is 4. The number of rotatable bonds is 10. The highest BCUT2D eigenvalue weighted by atomic mass is 16.5. The van der Waals surface area contributed by atoms with Gasteiger partial charge in [-0.15, -0.1) is 0 Å². The van der Waals surface area contributed by atoms with Crippen molar-refractivity contribution in [3.8, 4) is 0 Å². The molecular formula is C15H32N2O2. The molecule has 1 fully saturated rings. The zero-order valence-corrected chi connectivity index (χ0v) is 13.0. The number of hydrogen-bond donors (Lipinski definition) is 2. The van der Waals surface area contributed by atoms with E-state index >= 15 is 0 Å². The van der Waals surface area contributed by atoms with Crippen LogP contribution >= 0.6 is 0 Å². The van der Waals surface area contributed by atoms with Crippen LogP contribution in [0.15, 0.2) is 0 Å². The highest BCUT2D eigenvalue weighted by molar-refractivity contribution is 4.99. The summed E-state index contributed by atoms with van der Waals surface area (Å²) in [5.41, 5.74) is -0.0158. The van der Waals surface area contributed by atoms with Gasteiger partial charge in [0.15, 0.2) is 0 Å². The molecule has 1 aliphatic carbocycles. The minimum Gasteiger partial charge on any atom is -0.394 e. The van der Waals surface area contributed by atoms with Crippen molar-refractivity contribution in [1.82, 2.24) is 10.2 Å². The standard InChI is InChI=1S/C15H32N2O2/c1-4-9-16-15(13-18)8-5-6-14(15)7-10-17(2)11-12-19-3/h14,16,18H,4-13H2,1-3H3. The van der Waals surface area contributed by atoms with Gasteiger partial charge in [0.05, 0.1) is 13.2 Å². The lowest BCUT2D eigenvalue weighted by Crippen LogP contribution is -2.52. The first kappa shape index (κ1) is 16.9. The van der Waals surface area contributed by atoms with Crippen LogP contribution in [0, 0.1) is 5.92 Å². The average Bonchev–Trinajstić information content (AvgIpc) is 2.84. The fourth-order valence-corrected chi connectivity index (χ4v) is 3.17. The monoisotopic (exact) mass is 272 g/mol. The number of ether oxygens (including phenoxy) is 1. The van der Waals surface area contributed by atoms with Crippen molar-refractivity contribution in [1.29, 1.82) is 0 Å². The SMILES string of the molecule is CCCNC1(CO)CCCC1CCN(C)CCOC. The lowest BCUT2D eigenvalue weighted by atomic mass is 9.85. The van der Waals surface area contributed by atoms with E-state index in [1.165, 1.54) is 12.8 Å². The quantitative estimate of drug-likeness (QED) is 0.632. The molecule has 2 atom stereocenters. The van der Waals surface area contributed by atoms with Gasteiger partial charge >= 0.3 is 0 Å². The Morgan fingerprint density at radius 2 is 2.21 bits per heavy atom. The normalized spacial score (nSPS) is 27.3. The minimum atomic E-state index is -0.0158. The number of methoxy groups -OCH3 is 1. The third-order valence-electron chi connectivity index (χ3n) is 4.50. The molecule has 1 aliphatic rings. The summed E-state index contributed by atoms with van der Waals surface area (Å²) in [6.45, 7) is 6.33. The molecule has 114 valence electrons. The zero-order valence-electron chi connectivity index (χ0n) is 13.0. The molecule has 1 rings (SSSR count). The Kier molecular flexibility index (Phi) is 7.91. The van der Waals surface area contributed by atoms with Crippen LogP contribution in [0.4, 0.5) is 0 Å². The van der Waals surface area contributed by atoms with Gasteiger partial charge in [0.1, 0.15) is 0 Å². The van der Waals surface area contributed by atoms with Crippen molar-refractivity contribution in [2.24, 2.45) is 5.92 Å². The molecule has 0 aromatic rings. The second kappa shape index (κ2) is 8.90. The van der Waals surface area contributed by atoms with Gasteiger partial charge in [0.25, 0.3) is 0 Å². The van der Waals surface area contributed by atoms with Crippen molar-refractivity contribution in [2.45, 2.75) is 44.6 Å². The molecule has 0 aliphatic heterocycles. The Labute approximate surface area is 118 Å². The molecule has 4 nitrogen and oxygen atoms in total. The van der Waals surface area contributed by atoms with Gasteiger partial charge in [-0.25, -0.2) is 0 Å². The smallest absolute Gasteiger partial charge is 0.0616 e. The summed E-state index contributed by atoms with van der Waals surface area (Å²) >= 11 is 0. The van der Waals surface area contributed by atoms with Crippen LogP contribution in [0.3, 0.4) is 0 Å². The van der Waals surface area contributed by atoms with Crippen molar-refractivity contribution in [3.63, 3.8) is 0 Å². The Hall–Kier alpha value is -0.160. The first-order chi connectivity index (χ1) is 9.18. The van der Waals surface area contributed by atoms with E-state index in [0.717, 1.165) is 45.5 Å². The van der Waals surface area contributed by atoms with Gasteiger partial charge in [-0.2, -0.15) is 0 Å². The summed E-state index contributed by atoms with van der Waals surface area (Å²) in [5, 5.41) is 13.4. The van der Waals surface area contributed by atoms with Gasteiger partial charge in [0, 0.05) is 19.2 Å². The molecule has 2 unspecified atom stereocenters. The number of nitrogens with zero attached hydrogens (tertiary/aromatic N) is 1. The van der Waals surface area contributed by atoms with Crippen LogP contribution in [0.2, 0.25) is 0 Å². The third kappa shape index (κ3) is 5.03. The third-order valence-corrected chi connectivity index (χ3v) is 4.50. The highest BCUT2D eigenvalue weighted by Crippen LogP contribution is 2.37. The maximum Gasteiger partial charge on any atom is 0.0616 e. The van der Waals surface area contributed by atoms with Crippen molar-refractivity contribution in [2.75, 3.05) is 47.0 Å². The van der Waals surface area contributed by atoms with Gasteiger partial charge in [-0.3, -0.25) is 0 Å². The number of aliphatic hydroxyl groups is 1. The summed E-state index contributed by atoms with van der Waals surface area (Å²) < 4.78 is 5.11. The van der Waals surface area contributed by atoms with E-state index in [9.17, 15) is 5.11 Å². The fourth-order valence-electron chi connectivity index (χ4n) is 3.17. The topological polar surface area (TPSA) is 44.7 Å². The Bertz CT molecular complexity index is 238. The predicted molar refractivity (Wildman–Crippen MR) is 79.4 cm³/mol. The van der Waals surface area contributed by atoms with Crippen LogP contribution in [-0.4, -0.2) is 62.6 Å². The van der Waals surface area contributed by atoms with E-state index < -0.39 is 0 Å². The summed E-state index contributed by atoms with van der Waals surface area (Å²) in [5.74, 6) is 0.606. The minimum absolute atomic E-state index is 0.0158. The van der Waals surface area contributed by atoms with Crippen LogP contribution < -0.4 is 5.32 Å². The second-order valence-corrected chi connectivity index (χ2v) is 5.91. The molecule has 0 aromatic heterocycles. The molecular weight excluding hydrogens is 240 g/mol. The van der Waals surface area contributed by atoms with Gasteiger partial charge in [-0.05, 0) is 51.7 Å². The molecule has 0 radical (unpaired) electrons. The number of likely N-dealkylation sites (N-methyl/N-ethyl adjacent to an activating group) is 1. The van der Waals surface area contributed by atoms with Crippen molar-refractivity contribution < 1.29 is 9.84 Å². The van der Waals surface area contributed by atoms with Crippen LogP contribution in [0.1, 0.15) is 39.0 Å². The number of nitrogens with one attached hydrogen (secondary N) is 1. The maximum atomic E-state index is 9.82. The largest absolute Gasteiger partial charge is 0.394 e. The first-order valence-corrected chi connectivity index (χ1v) is 7.72. The summed E-state index contributed by atoms with van der Waals surface area (Å²) in [4.78, 5) is 2.32. The van der Waals surface area contributed by atoms with Gasteiger partial charge in [-0.1, -0.05) is 13.3 Å². The lowest BCUT2D eigenvalue weighted by Gasteiger charge is -2.36. The van der Waals surface area contributed by atoms with E-state index in [-0.39, 0.29) is 12.1 Å². The zero-order chi connectivity index (χ0) is 14.1. The van der Waals surface area contributed by atoms with Crippen LogP contribution in [0.25, 0.3) is 0 Å². The predicted octanol–water partition coefficient (Wildman–Crippen LogP) is 1.49. The summed E-state index contributed by atoms with van der Waals surface area (Å²) in [6, 6.07) is 0. The molecule has 0 heterocycles. The average molecular weight is 272 g/mol. The van der Waals surface area contributed by atoms with Crippen molar-refractivity contribution in [3.05, 3.63) is 0 Å². The molecule has 0 amide bonds. The van der Waals surface area contributed by atoms with E-state index in [1.807, 2.05) is 0 Å². The molecule has 0 bridgehead atoms. The second-order valence-electron chi connectivity index (χ2n) is 5.91. The first-order valence-electron chi connectivity index (χ1n) is 7.72. The maximum absolute atomic E-state index is 9.82. The van der Waals surface area contributed by atoms with E-state index in [0.29, 0.717) is 5.92 Å². The van der Waals surface area contributed by atoms with E-state index in [1.54, 1.807) is 7.11 Å². The Morgan fingerprint density at radius 3 is 2.84 bits per heavy atom. The van der Waals surface area contributed by atoms with Crippen LogP contribution in [-0.2, 0) is 4.74 Å². The van der Waals surface area contributed by atoms with E-state index in [2.05, 4.69) is 24.2 Å². The molecule has 4 heteroatoms. The van der Waals surface area contributed by atoms with Gasteiger partial charge in [0.2, 0.25) is 0 Å². The lowest BCUT2D eigenvalue weighted by molar-refractivity contribution is 0.108. The molecule has 19 heavy (non-hydrogen) atoms. The molecule has 0 aromatic carbocycles. The molecule has 0 spiro atoms. The Morgan fingerprint density at radius 1 is 1.42 bits per heavy atom. The molecule has 0 saturated heterocycles. The van der Waals surface area contributed by atoms with Gasteiger partial charge < -0.3 is 20.1 Å². The molecule has 1 saturated carbocycles. The molecule has 2 N–H and O–H groups in total. The van der Waals surface area contributed by atoms with Crippen LogP contribution in [0.5, 0.6) is 0 Å². The van der Waals surface area contributed by atoms with E-state index in [4.69, 9.17) is 4.74 Å². The highest BCUT2D eigenvalue weighted by Gasteiger charge is 2.41. The summed E-state index contributed by atoms with van der Waals surface area (Å²) in [7, 11) is 3.89. The fraction of sp³-hybridized carbons (Fsp3) is 1.00. The van der Waals surface area contributed by atoms with Crippen molar-refractivity contribution >= 4 is 0 Å². The number of aliphatic hydroxyl groups excluding tert-OH is 1. The Balaban J connectivity index is 2.41.